The Hall–Kier alpha value is -1.03. The number of hydrogen-bond acceptors (Lipinski definition) is 3. The number of carbonyl (C=O) groups is 1. The van der Waals surface area contributed by atoms with Gasteiger partial charge in [0.2, 0.25) is 15.9 Å². The Kier molecular flexibility index (Phi) is 6.35. The molecule has 9 heteroatoms. The maximum Gasteiger partial charge on any atom is 0.245 e. The van der Waals surface area contributed by atoms with Crippen molar-refractivity contribution < 1.29 is 13.2 Å². The molecule has 0 aliphatic carbocycles. The summed E-state index contributed by atoms with van der Waals surface area (Å²) in [6.07, 6.45) is 1.05. The molecule has 0 unspecified atom stereocenters. The first-order valence-corrected chi connectivity index (χ1v) is 10.3. The number of rotatable bonds is 5. The minimum atomic E-state index is -3.63. The van der Waals surface area contributed by atoms with E-state index in [1.807, 2.05) is 0 Å². The van der Waals surface area contributed by atoms with E-state index in [0.717, 1.165) is 14.1 Å². The fourth-order valence-corrected chi connectivity index (χ4v) is 3.47. The fourth-order valence-electron chi connectivity index (χ4n) is 1.92. The van der Waals surface area contributed by atoms with Gasteiger partial charge in [-0.15, -0.1) is 0 Å². The number of sulfonamides is 1. The Morgan fingerprint density at radius 3 is 2.38 bits per heavy atom. The molecule has 0 aliphatic rings. The van der Waals surface area contributed by atoms with Gasteiger partial charge in [-0.25, -0.2) is 8.42 Å². The molecule has 24 heavy (non-hydrogen) atoms. The zero-order valence-electron chi connectivity index (χ0n) is 12.5. The lowest BCUT2D eigenvalue weighted by Crippen LogP contribution is -2.37. The van der Waals surface area contributed by atoms with Crippen LogP contribution in [-0.4, -0.2) is 27.1 Å². The molecule has 0 spiro atoms. The van der Waals surface area contributed by atoms with Gasteiger partial charge < -0.3 is 5.32 Å². The Bertz CT molecular complexity index is 858. The number of amides is 1. The van der Waals surface area contributed by atoms with E-state index in [4.69, 9.17) is 23.2 Å². The van der Waals surface area contributed by atoms with E-state index in [1.54, 1.807) is 36.4 Å². The average Bonchev–Trinajstić information content (AvgIpc) is 2.48. The third-order valence-electron chi connectivity index (χ3n) is 3.00. The van der Waals surface area contributed by atoms with Gasteiger partial charge in [-0.2, -0.15) is 0 Å². The first-order chi connectivity index (χ1) is 11.2. The number of nitrogens with zero attached hydrogens (tertiary/aromatic N) is 1. The quantitative estimate of drug-likeness (QED) is 0.633. The molecule has 5 nitrogen and oxygen atoms in total. The summed E-state index contributed by atoms with van der Waals surface area (Å²) < 4.78 is 26.0. The molecular weight excluding hydrogens is 486 g/mol. The van der Waals surface area contributed by atoms with E-state index in [2.05, 4.69) is 27.9 Å². The molecule has 0 radical (unpaired) electrons. The molecule has 1 N–H and O–H groups in total. The monoisotopic (exact) mass is 498 g/mol. The maximum atomic E-state index is 12.3. The SMILES string of the molecule is CS(=O)(=O)N(CC(=O)Nc1cc(Cl)ccc1Cl)c1ccc(I)cc1. The lowest BCUT2D eigenvalue weighted by molar-refractivity contribution is -0.114. The maximum absolute atomic E-state index is 12.3. The van der Waals surface area contributed by atoms with Gasteiger partial charge in [0.15, 0.2) is 0 Å². The molecule has 0 saturated carbocycles. The van der Waals surface area contributed by atoms with Crippen molar-refractivity contribution in [1.29, 1.82) is 0 Å². The van der Waals surface area contributed by atoms with Gasteiger partial charge >= 0.3 is 0 Å². The normalized spacial score (nSPS) is 11.2. The van der Waals surface area contributed by atoms with Crippen LogP contribution in [0, 0.1) is 3.57 Å². The second kappa shape index (κ2) is 7.90. The molecule has 0 aliphatic heterocycles. The van der Waals surface area contributed by atoms with Gasteiger partial charge in [-0.3, -0.25) is 9.10 Å². The largest absolute Gasteiger partial charge is 0.323 e. The zero-order valence-corrected chi connectivity index (χ0v) is 16.9. The highest BCUT2D eigenvalue weighted by atomic mass is 127. The van der Waals surface area contributed by atoms with Gasteiger partial charge in [-0.05, 0) is 65.1 Å². The summed E-state index contributed by atoms with van der Waals surface area (Å²) in [4.78, 5) is 12.3. The number of anilines is 2. The summed E-state index contributed by atoms with van der Waals surface area (Å²) in [5.74, 6) is -0.525. The summed E-state index contributed by atoms with van der Waals surface area (Å²) in [5, 5.41) is 3.29. The smallest absolute Gasteiger partial charge is 0.245 e. The summed E-state index contributed by atoms with van der Waals surface area (Å²) in [7, 11) is -3.63. The molecule has 0 saturated heterocycles. The fraction of sp³-hybridized carbons (Fsp3) is 0.133. The zero-order chi connectivity index (χ0) is 17.9. The van der Waals surface area contributed by atoms with E-state index >= 15 is 0 Å². The lowest BCUT2D eigenvalue weighted by Gasteiger charge is -2.22. The van der Waals surface area contributed by atoms with Gasteiger partial charge in [0.25, 0.3) is 0 Å². The highest BCUT2D eigenvalue weighted by molar-refractivity contribution is 14.1. The number of nitrogens with one attached hydrogen (secondary N) is 1. The van der Waals surface area contributed by atoms with Crippen molar-refractivity contribution in [3.63, 3.8) is 0 Å². The predicted molar refractivity (Wildman–Crippen MR) is 106 cm³/mol. The van der Waals surface area contributed by atoms with Crippen molar-refractivity contribution in [2.75, 3.05) is 22.4 Å². The first-order valence-electron chi connectivity index (χ1n) is 6.65. The van der Waals surface area contributed by atoms with Crippen LogP contribution in [0.25, 0.3) is 0 Å². The van der Waals surface area contributed by atoms with Crippen molar-refractivity contribution in [2.45, 2.75) is 0 Å². The Morgan fingerprint density at radius 1 is 1.17 bits per heavy atom. The van der Waals surface area contributed by atoms with Crippen LogP contribution in [0.5, 0.6) is 0 Å². The second-order valence-corrected chi connectivity index (χ2v) is 8.91. The van der Waals surface area contributed by atoms with Crippen LogP contribution >= 0.6 is 45.8 Å². The number of hydrogen-bond donors (Lipinski definition) is 1. The molecular formula is C15H13Cl2IN2O3S. The van der Waals surface area contributed by atoms with Crippen molar-refractivity contribution in [3.05, 3.63) is 56.1 Å². The molecule has 0 fully saturated rings. The minimum Gasteiger partial charge on any atom is -0.323 e. The summed E-state index contributed by atoms with van der Waals surface area (Å²) >= 11 is 14.0. The van der Waals surface area contributed by atoms with E-state index in [1.165, 1.54) is 6.07 Å². The molecule has 128 valence electrons. The third kappa shape index (κ3) is 5.23. The van der Waals surface area contributed by atoms with Crippen LogP contribution in [-0.2, 0) is 14.8 Å². The highest BCUT2D eigenvalue weighted by Crippen LogP contribution is 2.26. The van der Waals surface area contributed by atoms with Crippen LogP contribution in [0.4, 0.5) is 11.4 Å². The summed E-state index contributed by atoms with van der Waals surface area (Å²) in [6, 6.07) is 11.4. The Labute approximate surface area is 164 Å². The number of benzene rings is 2. The lowest BCUT2D eigenvalue weighted by atomic mass is 10.3. The number of carbonyl (C=O) groups excluding carboxylic acids is 1. The highest BCUT2D eigenvalue weighted by Gasteiger charge is 2.21. The first kappa shape index (κ1) is 19.3. The second-order valence-electron chi connectivity index (χ2n) is 4.92. The van der Waals surface area contributed by atoms with Gasteiger partial charge in [0.1, 0.15) is 6.54 Å². The topological polar surface area (TPSA) is 66.5 Å². The van der Waals surface area contributed by atoms with Crippen molar-refractivity contribution >= 4 is 73.1 Å². The van der Waals surface area contributed by atoms with Crippen molar-refractivity contribution in [3.8, 4) is 0 Å². The summed E-state index contributed by atoms with van der Waals surface area (Å²) in [6.45, 7) is -0.373. The molecule has 2 aromatic rings. The molecule has 0 aromatic heterocycles. The Balaban J connectivity index is 2.22. The number of halogens is 3. The minimum absolute atomic E-state index is 0.313. The van der Waals surface area contributed by atoms with Crippen LogP contribution in [0.3, 0.4) is 0 Å². The van der Waals surface area contributed by atoms with E-state index in [-0.39, 0.29) is 6.54 Å². The van der Waals surface area contributed by atoms with Gasteiger partial charge in [-0.1, -0.05) is 23.2 Å². The summed E-state index contributed by atoms with van der Waals surface area (Å²) in [5.41, 5.74) is 0.732. The molecule has 2 aromatic carbocycles. The van der Waals surface area contributed by atoms with E-state index in [0.29, 0.717) is 21.4 Å². The Morgan fingerprint density at radius 2 is 1.79 bits per heavy atom. The predicted octanol–water partition coefficient (Wildman–Crippen LogP) is 4.00. The third-order valence-corrected chi connectivity index (χ3v) is 5.43. The molecule has 0 bridgehead atoms. The standard InChI is InChI=1S/C15H13Cl2IN2O3S/c1-24(22,23)20(12-5-3-11(18)4-6-12)9-15(21)19-14-8-10(16)2-7-13(14)17/h2-8H,9H2,1H3,(H,19,21). The van der Waals surface area contributed by atoms with E-state index in [9.17, 15) is 13.2 Å². The van der Waals surface area contributed by atoms with E-state index < -0.39 is 15.9 Å². The molecule has 1 amide bonds. The molecule has 0 heterocycles. The van der Waals surface area contributed by atoms with Crippen LogP contribution < -0.4 is 9.62 Å². The van der Waals surface area contributed by atoms with Crippen molar-refractivity contribution in [1.82, 2.24) is 0 Å². The van der Waals surface area contributed by atoms with Crippen LogP contribution in [0.2, 0.25) is 10.0 Å². The van der Waals surface area contributed by atoms with Crippen LogP contribution in [0.1, 0.15) is 0 Å². The van der Waals surface area contributed by atoms with Crippen molar-refractivity contribution in [2.24, 2.45) is 0 Å². The average molecular weight is 499 g/mol. The van der Waals surface area contributed by atoms with Gasteiger partial charge in [0.05, 0.1) is 22.7 Å². The van der Waals surface area contributed by atoms with Crippen LogP contribution in [0.15, 0.2) is 42.5 Å². The van der Waals surface area contributed by atoms with Gasteiger partial charge in [0, 0.05) is 8.59 Å². The molecule has 2 rings (SSSR count). The molecule has 0 atom stereocenters.